The van der Waals surface area contributed by atoms with Crippen molar-refractivity contribution in [3.8, 4) is 22.4 Å². The molecule has 3 aromatic carbocycles. The molecule has 2 heterocycles. The molecule has 0 fully saturated rings. The smallest absolute Gasteiger partial charge is 0.332 e. The fourth-order valence-corrected chi connectivity index (χ4v) is 5.10. The second kappa shape index (κ2) is 7.89. The quantitative estimate of drug-likeness (QED) is 0.441. The minimum atomic E-state index is -0.918. The minimum absolute atomic E-state index is 0.309. The topological polar surface area (TPSA) is 77.1 Å². The number of nitrogens with zero attached hydrogens (tertiary/aromatic N) is 3. The summed E-state index contributed by atoms with van der Waals surface area (Å²) in [5.74, 6) is 0. The van der Waals surface area contributed by atoms with Gasteiger partial charge < -0.3 is 5.11 Å². The van der Waals surface area contributed by atoms with E-state index in [1.54, 1.807) is 7.05 Å². The van der Waals surface area contributed by atoms with Gasteiger partial charge in [-0.15, -0.1) is 0 Å². The van der Waals surface area contributed by atoms with E-state index >= 15 is 0 Å². The number of hydrogen-bond donors (Lipinski definition) is 1. The van der Waals surface area contributed by atoms with E-state index in [0.29, 0.717) is 27.9 Å². The van der Waals surface area contributed by atoms with Gasteiger partial charge in [0.25, 0.3) is 5.56 Å². The van der Waals surface area contributed by atoms with Crippen LogP contribution in [0, 0.1) is 0 Å². The monoisotopic (exact) mass is 461 g/mol. The van der Waals surface area contributed by atoms with Gasteiger partial charge in [0.15, 0.2) is 5.65 Å². The van der Waals surface area contributed by atoms with Crippen LogP contribution in [0.15, 0.2) is 88.5 Å². The third-order valence-corrected chi connectivity index (χ3v) is 6.90. The van der Waals surface area contributed by atoms with Crippen molar-refractivity contribution >= 4 is 11.0 Å². The summed E-state index contributed by atoms with van der Waals surface area (Å²) in [5.41, 5.74) is 5.98. The number of aryl methyl sites for hydroxylation is 1. The van der Waals surface area contributed by atoms with Crippen molar-refractivity contribution < 1.29 is 5.11 Å². The lowest BCUT2D eigenvalue weighted by molar-refractivity contribution is 0.225. The highest BCUT2D eigenvalue weighted by Crippen LogP contribution is 2.48. The zero-order valence-corrected chi connectivity index (χ0v) is 19.4. The Morgan fingerprint density at radius 2 is 1.49 bits per heavy atom. The summed E-state index contributed by atoms with van der Waals surface area (Å²) in [6.07, 6.45) is -0.125. The van der Waals surface area contributed by atoms with E-state index in [0.717, 1.165) is 33.2 Å². The van der Waals surface area contributed by atoms with E-state index in [-0.39, 0.29) is 0 Å². The van der Waals surface area contributed by atoms with Crippen LogP contribution < -0.4 is 11.2 Å². The maximum atomic E-state index is 13.4. The van der Waals surface area contributed by atoms with Gasteiger partial charge in [0.2, 0.25) is 0 Å². The molecule has 1 N–H and O–H groups in total. The molecule has 0 bridgehead atoms. The lowest BCUT2D eigenvalue weighted by Crippen LogP contribution is -2.37. The molecule has 0 unspecified atom stereocenters. The molecule has 6 heteroatoms. The summed E-state index contributed by atoms with van der Waals surface area (Å²) in [7, 11) is 3.09. The van der Waals surface area contributed by atoms with Crippen LogP contribution in [0.4, 0.5) is 0 Å². The summed E-state index contributed by atoms with van der Waals surface area (Å²) < 4.78 is 2.50. The number of aliphatic hydroxyl groups excluding tert-OH is 1. The molecule has 0 amide bonds. The van der Waals surface area contributed by atoms with Gasteiger partial charge in [0.1, 0.15) is 6.10 Å². The predicted molar refractivity (Wildman–Crippen MR) is 136 cm³/mol. The molecule has 35 heavy (non-hydrogen) atoms. The fraction of sp³-hybridized carbons (Fsp3) is 0.138. The van der Waals surface area contributed by atoms with Crippen LogP contribution in [0.2, 0.25) is 0 Å². The predicted octanol–water partition coefficient (Wildman–Crippen LogP) is 3.95. The third-order valence-electron chi connectivity index (χ3n) is 6.90. The largest absolute Gasteiger partial charge is 0.384 e. The molecule has 0 saturated carbocycles. The molecule has 0 aliphatic heterocycles. The number of benzene rings is 3. The Kier molecular flexibility index (Phi) is 4.79. The Morgan fingerprint density at radius 1 is 0.829 bits per heavy atom. The second-order valence-corrected chi connectivity index (χ2v) is 9.00. The Bertz CT molecular complexity index is 1730. The van der Waals surface area contributed by atoms with Gasteiger partial charge in [-0.3, -0.25) is 13.9 Å². The van der Waals surface area contributed by atoms with Crippen LogP contribution >= 0.6 is 0 Å². The van der Waals surface area contributed by atoms with Crippen molar-refractivity contribution in [3.63, 3.8) is 0 Å². The standard InChI is InChI=1S/C29H23N3O3/c1-31-27-24(28(34)32(2)29(31)35)22(23-25(30-27)20-10-6-7-11-21(20)26(23)33)19-14-12-18(13-15-19)16-17-8-4-3-5-9-17/h3-15,26,33H,16H2,1-2H3/t26-/m0/s1. The Hall–Kier alpha value is -4.29. The first-order chi connectivity index (χ1) is 17.0. The number of fused-ring (bicyclic) bond motifs is 4. The first kappa shape index (κ1) is 21.3. The zero-order valence-electron chi connectivity index (χ0n) is 19.4. The molecule has 6 rings (SSSR count). The van der Waals surface area contributed by atoms with Crippen molar-refractivity contribution in [3.05, 3.63) is 122 Å². The molecule has 1 aliphatic carbocycles. The minimum Gasteiger partial charge on any atom is -0.384 e. The molecule has 0 radical (unpaired) electrons. The number of rotatable bonds is 3. The molecular formula is C29H23N3O3. The molecular weight excluding hydrogens is 438 g/mol. The van der Waals surface area contributed by atoms with Crippen molar-refractivity contribution in [1.82, 2.24) is 14.1 Å². The van der Waals surface area contributed by atoms with Crippen LogP contribution in [0.25, 0.3) is 33.4 Å². The van der Waals surface area contributed by atoms with Gasteiger partial charge in [0.05, 0.1) is 11.1 Å². The van der Waals surface area contributed by atoms with E-state index in [4.69, 9.17) is 4.98 Å². The summed E-state index contributed by atoms with van der Waals surface area (Å²) in [6.45, 7) is 0. The van der Waals surface area contributed by atoms with Crippen LogP contribution in [0.1, 0.15) is 28.4 Å². The van der Waals surface area contributed by atoms with Gasteiger partial charge in [-0.2, -0.15) is 0 Å². The fourth-order valence-electron chi connectivity index (χ4n) is 5.10. The summed E-state index contributed by atoms with van der Waals surface area (Å²) in [4.78, 5) is 30.9. The van der Waals surface area contributed by atoms with E-state index < -0.39 is 17.4 Å². The lowest BCUT2D eigenvalue weighted by Gasteiger charge is -2.17. The van der Waals surface area contributed by atoms with Crippen LogP contribution in [-0.2, 0) is 20.5 Å². The van der Waals surface area contributed by atoms with Crippen LogP contribution in [0.5, 0.6) is 0 Å². The van der Waals surface area contributed by atoms with Gasteiger partial charge in [0, 0.05) is 30.8 Å². The summed E-state index contributed by atoms with van der Waals surface area (Å²) in [5, 5.41) is 11.7. The van der Waals surface area contributed by atoms with Crippen LogP contribution in [-0.4, -0.2) is 19.2 Å². The molecule has 1 atom stereocenters. The van der Waals surface area contributed by atoms with Gasteiger partial charge in [-0.25, -0.2) is 9.78 Å². The molecule has 5 aromatic rings. The molecule has 0 spiro atoms. The van der Waals surface area contributed by atoms with E-state index in [2.05, 4.69) is 12.1 Å². The zero-order chi connectivity index (χ0) is 24.3. The molecule has 0 saturated heterocycles. The highest BCUT2D eigenvalue weighted by atomic mass is 16.3. The van der Waals surface area contributed by atoms with Crippen molar-refractivity contribution in [2.45, 2.75) is 12.5 Å². The molecule has 172 valence electrons. The average Bonchev–Trinajstić information content (AvgIpc) is 3.18. The van der Waals surface area contributed by atoms with Gasteiger partial charge in [-0.1, -0.05) is 78.9 Å². The van der Waals surface area contributed by atoms with Crippen molar-refractivity contribution in [2.75, 3.05) is 0 Å². The Balaban J connectivity index is 1.64. The van der Waals surface area contributed by atoms with Gasteiger partial charge >= 0.3 is 5.69 Å². The maximum absolute atomic E-state index is 13.4. The second-order valence-electron chi connectivity index (χ2n) is 9.00. The lowest BCUT2D eigenvalue weighted by atomic mass is 9.93. The average molecular weight is 462 g/mol. The number of pyridine rings is 1. The normalized spacial score (nSPS) is 14.2. The van der Waals surface area contributed by atoms with Gasteiger partial charge in [-0.05, 0) is 28.7 Å². The Morgan fingerprint density at radius 3 is 2.23 bits per heavy atom. The molecule has 1 aliphatic rings. The van der Waals surface area contributed by atoms with Crippen molar-refractivity contribution in [2.24, 2.45) is 14.1 Å². The SMILES string of the molecule is Cn1c(=O)c2c(-c3ccc(Cc4ccccc4)cc3)c3c(nc2n(C)c1=O)-c1ccccc1[C@@H]3O. The van der Waals surface area contributed by atoms with Crippen LogP contribution in [0.3, 0.4) is 0 Å². The Labute approximate surface area is 201 Å². The maximum Gasteiger partial charge on any atom is 0.332 e. The molecule has 2 aromatic heterocycles. The van der Waals surface area contributed by atoms with E-state index in [1.165, 1.54) is 17.2 Å². The first-order valence-corrected chi connectivity index (χ1v) is 11.5. The first-order valence-electron chi connectivity index (χ1n) is 11.5. The summed E-state index contributed by atoms with van der Waals surface area (Å²) >= 11 is 0. The molecule has 6 nitrogen and oxygen atoms in total. The highest BCUT2D eigenvalue weighted by molar-refractivity contribution is 5.99. The highest BCUT2D eigenvalue weighted by Gasteiger charge is 2.34. The number of aromatic nitrogens is 3. The summed E-state index contributed by atoms with van der Waals surface area (Å²) in [6, 6.07) is 25.8. The van der Waals surface area contributed by atoms with E-state index in [9.17, 15) is 14.7 Å². The van der Waals surface area contributed by atoms with Crippen molar-refractivity contribution in [1.29, 1.82) is 0 Å². The third kappa shape index (κ3) is 3.18. The van der Waals surface area contributed by atoms with E-state index in [1.807, 2.05) is 66.7 Å². The number of hydrogen-bond acceptors (Lipinski definition) is 4. The number of aliphatic hydroxyl groups is 1.